The molecule has 0 spiro atoms. The Labute approximate surface area is 158 Å². The van der Waals surface area contributed by atoms with E-state index < -0.39 is 9.08 Å². The molecule has 0 fully saturated rings. The fraction of sp³-hybridized carbons (Fsp3) is 0.947. The summed E-state index contributed by atoms with van der Waals surface area (Å²) < 4.78 is 3.95. The molecule has 0 N–H and O–H groups in total. The molecule has 0 aromatic carbocycles. The first-order chi connectivity index (χ1) is 11.1. The van der Waals surface area contributed by atoms with Gasteiger partial charge >= 0.3 is 0 Å². The van der Waals surface area contributed by atoms with Gasteiger partial charge < -0.3 is 0 Å². The van der Waals surface area contributed by atoms with Crippen molar-refractivity contribution in [2.24, 2.45) is 4.40 Å². The van der Waals surface area contributed by atoms with Crippen LogP contribution in [0.2, 0.25) is 0 Å². The Hall–Kier alpha value is 0.600. The maximum Gasteiger partial charge on any atom is 0.135 e. The second-order valence-corrected chi connectivity index (χ2v) is 9.59. The van der Waals surface area contributed by atoms with Crippen LogP contribution >= 0.6 is 35.1 Å². The Bertz CT molecular complexity index is 337. The van der Waals surface area contributed by atoms with Gasteiger partial charge in [0.05, 0.1) is 0 Å². The van der Waals surface area contributed by atoms with Gasteiger partial charge in [0.2, 0.25) is 0 Å². The SMILES string of the molecule is CCCCCCCCC1(Cl)C=NSC1(Cl)CCCCCCCC. The van der Waals surface area contributed by atoms with E-state index >= 15 is 0 Å². The molecule has 0 saturated carbocycles. The molecule has 0 radical (unpaired) electrons. The molecule has 1 rings (SSSR count). The lowest BCUT2D eigenvalue weighted by atomic mass is 9.93. The van der Waals surface area contributed by atoms with E-state index in [1.807, 2.05) is 6.21 Å². The lowest BCUT2D eigenvalue weighted by Gasteiger charge is -2.34. The highest BCUT2D eigenvalue weighted by Gasteiger charge is 2.51. The van der Waals surface area contributed by atoms with Crippen molar-refractivity contribution in [3.8, 4) is 0 Å². The molecule has 2 atom stereocenters. The molecule has 1 nitrogen and oxygen atoms in total. The second kappa shape index (κ2) is 12.0. The van der Waals surface area contributed by atoms with Gasteiger partial charge in [-0.3, -0.25) is 0 Å². The summed E-state index contributed by atoms with van der Waals surface area (Å²) in [6, 6.07) is 0. The minimum absolute atomic E-state index is 0.428. The van der Waals surface area contributed by atoms with Crippen molar-refractivity contribution in [3.05, 3.63) is 0 Å². The van der Waals surface area contributed by atoms with Crippen LogP contribution in [-0.4, -0.2) is 15.3 Å². The van der Waals surface area contributed by atoms with E-state index in [2.05, 4.69) is 18.2 Å². The van der Waals surface area contributed by atoms with Gasteiger partial charge in [-0.05, 0) is 24.8 Å². The second-order valence-electron chi connectivity index (χ2n) is 6.95. The summed E-state index contributed by atoms with van der Waals surface area (Å²) in [6.07, 6.45) is 19.3. The molecule has 1 aliphatic heterocycles. The van der Waals surface area contributed by atoms with Crippen LogP contribution in [0.25, 0.3) is 0 Å². The quantitative estimate of drug-likeness (QED) is 0.168. The van der Waals surface area contributed by atoms with Gasteiger partial charge in [0.15, 0.2) is 0 Å². The van der Waals surface area contributed by atoms with Gasteiger partial charge in [-0.15, -0.1) is 23.2 Å². The predicted octanol–water partition coefficient (Wildman–Crippen LogP) is 8.13. The summed E-state index contributed by atoms with van der Waals surface area (Å²) in [7, 11) is 0. The van der Waals surface area contributed by atoms with Crippen molar-refractivity contribution in [2.75, 3.05) is 0 Å². The van der Waals surface area contributed by atoms with Gasteiger partial charge in [-0.2, -0.15) is 0 Å². The smallest absolute Gasteiger partial charge is 0.135 e. The molecule has 1 heterocycles. The van der Waals surface area contributed by atoms with Gasteiger partial charge in [-0.1, -0.05) is 90.9 Å². The average Bonchev–Trinajstić information content (AvgIpc) is 2.82. The summed E-state index contributed by atoms with van der Waals surface area (Å²) in [5.74, 6) is 0. The lowest BCUT2D eigenvalue weighted by Crippen LogP contribution is -2.41. The fourth-order valence-corrected chi connectivity index (χ4v) is 4.94. The van der Waals surface area contributed by atoms with Crippen molar-refractivity contribution >= 4 is 41.4 Å². The van der Waals surface area contributed by atoms with E-state index in [1.54, 1.807) is 0 Å². The molecule has 136 valence electrons. The van der Waals surface area contributed by atoms with Crippen molar-refractivity contribution in [2.45, 2.75) is 113 Å². The highest BCUT2D eigenvalue weighted by molar-refractivity contribution is 8.01. The molecule has 0 aromatic heterocycles. The summed E-state index contributed by atoms with van der Waals surface area (Å²) in [4.78, 5) is -0.451. The van der Waals surface area contributed by atoms with Crippen molar-refractivity contribution < 1.29 is 0 Å². The first-order valence-electron chi connectivity index (χ1n) is 9.68. The first kappa shape index (κ1) is 21.6. The maximum atomic E-state index is 6.89. The number of alkyl halides is 2. The topological polar surface area (TPSA) is 12.4 Å². The minimum atomic E-state index is -0.451. The van der Waals surface area contributed by atoms with Gasteiger partial charge in [-0.25, -0.2) is 4.40 Å². The van der Waals surface area contributed by atoms with Crippen LogP contribution in [0.1, 0.15) is 104 Å². The zero-order valence-electron chi connectivity index (χ0n) is 15.1. The number of hydrogen-bond donors (Lipinski definition) is 0. The predicted molar refractivity (Wildman–Crippen MR) is 109 cm³/mol. The Morgan fingerprint density at radius 2 is 1.22 bits per heavy atom. The fourth-order valence-electron chi connectivity index (χ4n) is 3.17. The third-order valence-electron chi connectivity index (χ3n) is 4.82. The van der Waals surface area contributed by atoms with E-state index in [1.165, 1.54) is 76.2 Å². The van der Waals surface area contributed by atoms with Crippen LogP contribution in [0.5, 0.6) is 0 Å². The van der Waals surface area contributed by atoms with Crippen LogP contribution in [0.15, 0.2) is 4.40 Å². The molecule has 0 aromatic rings. The van der Waals surface area contributed by atoms with Crippen LogP contribution in [0, 0.1) is 0 Å². The highest BCUT2D eigenvalue weighted by Crippen LogP contribution is 2.53. The molecule has 0 amide bonds. The molecular formula is C19H35Cl2NS. The molecule has 0 bridgehead atoms. The van der Waals surface area contributed by atoms with Crippen LogP contribution in [-0.2, 0) is 0 Å². The Balaban J connectivity index is 2.26. The van der Waals surface area contributed by atoms with Crippen molar-refractivity contribution in [1.29, 1.82) is 0 Å². The molecule has 1 aliphatic rings. The Morgan fingerprint density at radius 3 is 1.78 bits per heavy atom. The first-order valence-corrected chi connectivity index (χ1v) is 11.2. The van der Waals surface area contributed by atoms with E-state index in [0.29, 0.717) is 0 Å². The molecule has 4 heteroatoms. The minimum Gasteiger partial charge on any atom is -0.225 e. The van der Waals surface area contributed by atoms with Crippen molar-refractivity contribution in [3.63, 3.8) is 0 Å². The highest BCUT2D eigenvalue weighted by atomic mass is 35.5. The molecular weight excluding hydrogens is 345 g/mol. The third kappa shape index (κ3) is 7.57. The summed E-state index contributed by atoms with van der Waals surface area (Å²) in [5.41, 5.74) is 0. The number of unbranched alkanes of at least 4 members (excludes halogenated alkanes) is 10. The van der Waals surface area contributed by atoms with Gasteiger partial charge in [0, 0.05) is 6.21 Å². The van der Waals surface area contributed by atoms with E-state index in [4.69, 9.17) is 23.2 Å². The van der Waals surface area contributed by atoms with E-state index in [0.717, 1.165) is 25.7 Å². The summed E-state index contributed by atoms with van der Waals surface area (Å²) >= 11 is 15.3. The normalized spacial score (nSPS) is 27.0. The largest absolute Gasteiger partial charge is 0.225 e. The van der Waals surface area contributed by atoms with Crippen molar-refractivity contribution in [1.82, 2.24) is 0 Å². The summed E-state index contributed by atoms with van der Waals surface area (Å²) in [5, 5.41) is 0. The lowest BCUT2D eigenvalue weighted by molar-refractivity contribution is 0.495. The van der Waals surface area contributed by atoms with Crippen LogP contribution in [0.4, 0.5) is 0 Å². The Kier molecular flexibility index (Phi) is 11.3. The molecule has 23 heavy (non-hydrogen) atoms. The van der Waals surface area contributed by atoms with E-state index in [-0.39, 0.29) is 0 Å². The molecule has 2 unspecified atom stereocenters. The van der Waals surface area contributed by atoms with E-state index in [9.17, 15) is 0 Å². The number of halogens is 2. The van der Waals surface area contributed by atoms with Crippen LogP contribution in [0.3, 0.4) is 0 Å². The number of nitrogens with zero attached hydrogens (tertiary/aromatic N) is 1. The number of hydrogen-bond acceptors (Lipinski definition) is 2. The third-order valence-corrected chi connectivity index (χ3v) is 7.44. The van der Waals surface area contributed by atoms with Gasteiger partial charge in [0.25, 0.3) is 0 Å². The van der Waals surface area contributed by atoms with Crippen LogP contribution < -0.4 is 0 Å². The molecule has 0 aliphatic carbocycles. The average molecular weight is 380 g/mol. The standard InChI is InChI=1S/C19H35Cl2NS/c1-3-5-7-9-11-13-15-18(20)17-22-23-19(18,21)16-14-12-10-8-6-4-2/h17H,3-16H2,1-2H3. The number of rotatable bonds is 14. The maximum absolute atomic E-state index is 6.89. The zero-order chi connectivity index (χ0) is 17.0. The molecule has 0 saturated heterocycles. The monoisotopic (exact) mass is 379 g/mol. The zero-order valence-corrected chi connectivity index (χ0v) is 17.4. The summed E-state index contributed by atoms with van der Waals surface area (Å²) in [6.45, 7) is 4.51. The Morgan fingerprint density at radius 1 is 0.739 bits per heavy atom. The van der Waals surface area contributed by atoms with Gasteiger partial charge in [0.1, 0.15) is 9.08 Å².